The van der Waals surface area contributed by atoms with Gasteiger partial charge in [0.1, 0.15) is 11.4 Å². The normalized spacial score (nSPS) is 12.9. The minimum atomic E-state index is -0.295. The molecule has 1 atom stereocenters. The van der Waals surface area contributed by atoms with E-state index >= 15 is 0 Å². The molecule has 0 aliphatic heterocycles. The zero-order chi connectivity index (χ0) is 14.6. The second kappa shape index (κ2) is 6.65. The van der Waals surface area contributed by atoms with E-state index in [2.05, 4.69) is 17.3 Å². The van der Waals surface area contributed by atoms with E-state index in [-0.39, 0.29) is 22.6 Å². The first-order valence-corrected chi connectivity index (χ1v) is 6.85. The fourth-order valence-corrected chi connectivity index (χ4v) is 2.27. The maximum Gasteiger partial charge on any atom is 0.313 e. The number of aryl methyl sites for hydroxylation is 1. The summed E-state index contributed by atoms with van der Waals surface area (Å²) in [5.41, 5.74) is 1.48. The number of rotatable bonds is 7. The summed E-state index contributed by atoms with van der Waals surface area (Å²) in [4.78, 5) is 11.0. The van der Waals surface area contributed by atoms with Gasteiger partial charge in [0.05, 0.1) is 4.92 Å². The van der Waals surface area contributed by atoms with Crippen molar-refractivity contribution in [3.05, 3.63) is 21.5 Å². The van der Waals surface area contributed by atoms with Crippen LogP contribution < -0.4 is 5.32 Å². The van der Waals surface area contributed by atoms with Crippen LogP contribution >= 0.6 is 0 Å². The Morgan fingerprint density at radius 1 is 1.42 bits per heavy atom. The monoisotopic (exact) mass is 268 g/mol. The Bertz CT molecular complexity index is 440. The van der Waals surface area contributed by atoms with Crippen molar-refractivity contribution in [2.24, 2.45) is 7.05 Å². The van der Waals surface area contributed by atoms with E-state index in [4.69, 9.17) is 0 Å². The Kier molecular flexibility index (Phi) is 5.47. The van der Waals surface area contributed by atoms with Gasteiger partial charge in [0.2, 0.25) is 0 Å². The van der Waals surface area contributed by atoms with E-state index in [1.807, 2.05) is 20.8 Å². The van der Waals surface area contributed by atoms with Gasteiger partial charge < -0.3 is 5.32 Å². The molecule has 1 aromatic rings. The highest BCUT2D eigenvalue weighted by molar-refractivity contribution is 5.43. The molecule has 0 saturated heterocycles. The molecule has 1 unspecified atom stereocenters. The van der Waals surface area contributed by atoms with E-state index in [9.17, 15) is 10.1 Å². The van der Waals surface area contributed by atoms with E-state index in [1.54, 1.807) is 11.7 Å². The van der Waals surface area contributed by atoms with Gasteiger partial charge in [-0.2, -0.15) is 5.10 Å². The van der Waals surface area contributed by atoms with Gasteiger partial charge in [0.25, 0.3) is 0 Å². The van der Waals surface area contributed by atoms with Gasteiger partial charge >= 0.3 is 5.69 Å². The van der Waals surface area contributed by atoms with Crippen LogP contribution in [-0.2, 0) is 13.5 Å². The quantitative estimate of drug-likeness (QED) is 0.608. The van der Waals surface area contributed by atoms with Crippen molar-refractivity contribution >= 4 is 5.69 Å². The molecule has 0 amide bonds. The summed E-state index contributed by atoms with van der Waals surface area (Å²) >= 11 is 0. The first-order valence-electron chi connectivity index (χ1n) is 6.85. The molecule has 6 heteroatoms. The molecular formula is C13H24N4O2. The SMILES string of the molecule is CCNC(CC)Cc1c([N+](=O)[O-])c(C(C)C)nn1C. The van der Waals surface area contributed by atoms with Crippen LogP contribution in [0.4, 0.5) is 5.69 Å². The largest absolute Gasteiger partial charge is 0.314 e. The van der Waals surface area contributed by atoms with Crippen LogP contribution in [0.5, 0.6) is 0 Å². The molecule has 0 saturated carbocycles. The zero-order valence-electron chi connectivity index (χ0n) is 12.4. The van der Waals surface area contributed by atoms with Crippen LogP contribution in [0.25, 0.3) is 0 Å². The highest BCUT2D eigenvalue weighted by atomic mass is 16.6. The van der Waals surface area contributed by atoms with Crippen molar-refractivity contribution in [2.45, 2.75) is 52.5 Å². The second-order valence-corrected chi connectivity index (χ2v) is 5.08. The van der Waals surface area contributed by atoms with Crippen molar-refractivity contribution in [1.82, 2.24) is 15.1 Å². The van der Waals surface area contributed by atoms with E-state index in [1.165, 1.54) is 0 Å². The van der Waals surface area contributed by atoms with Gasteiger partial charge in [-0.3, -0.25) is 14.8 Å². The molecule has 1 rings (SSSR count). The summed E-state index contributed by atoms with van der Waals surface area (Å²) < 4.78 is 1.66. The maximum absolute atomic E-state index is 11.3. The fourth-order valence-electron chi connectivity index (χ4n) is 2.27. The molecular weight excluding hydrogens is 244 g/mol. The fraction of sp³-hybridized carbons (Fsp3) is 0.769. The van der Waals surface area contributed by atoms with Crippen molar-refractivity contribution in [3.63, 3.8) is 0 Å². The first kappa shape index (κ1) is 15.6. The zero-order valence-corrected chi connectivity index (χ0v) is 12.4. The number of likely N-dealkylation sites (N-methyl/N-ethyl adjacent to an activating group) is 1. The number of hydrogen-bond donors (Lipinski definition) is 1. The molecule has 19 heavy (non-hydrogen) atoms. The smallest absolute Gasteiger partial charge is 0.313 e. The van der Waals surface area contributed by atoms with Crippen LogP contribution in [0.3, 0.4) is 0 Å². The van der Waals surface area contributed by atoms with Crippen LogP contribution in [0.2, 0.25) is 0 Å². The van der Waals surface area contributed by atoms with Crippen molar-refractivity contribution in [1.29, 1.82) is 0 Å². The summed E-state index contributed by atoms with van der Waals surface area (Å²) in [6.07, 6.45) is 1.57. The summed E-state index contributed by atoms with van der Waals surface area (Å²) in [6.45, 7) is 8.85. The maximum atomic E-state index is 11.3. The summed E-state index contributed by atoms with van der Waals surface area (Å²) in [5.74, 6) is 0.0551. The molecule has 0 aromatic carbocycles. The summed E-state index contributed by atoms with van der Waals surface area (Å²) in [6, 6.07) is 0.249. The molecule has 6 nitrogen and oxygen atoms in total. The molecule has 0 aliphatic carbocycles. The lowest BCUT2D eigenvalue weighted by molar-refractivity contribution is -0.386. The Balaban J connectivity index is 3.15. The number of hydrogen-bond acceptors (Lipinski definition) is 4. The topological polar surface area (TPSA) is 73.0 Å². The third-order valence-electron chi connectivity index (χ3n) is 3.32. The third-order valence-corrected chi connectivity index (χ3v) is 3.32. The average molecular weight is 268 g/mol. The van der Waals surface area contributed by atoms with Crippen LogP contribution in [0, 0.1) is 10.1 Å². The summed E-state index contributed by atoms with van der Waals surface area (Å²) in [5, 5.41) is 19.0. The van der Waals surface area contributed by atoms with E-state index in [0.717, 1.165) is 13.0 Å². The highest BCUT2D eigenvalue weighted by Gasteiger charge is 2.29. The predicted molar refractivity (Wildman–Crippen MR) is 75.4 cm³/mol. The Morgan fingerprint density at radius 2 is 2.05 bits per heavy atom. The number of nitrogens with one attached hydrogen (secondary N) is 1. The van der Waals surface area contributed by atoms with Crippen LogP contribution in [0.1, 0.15) is 51.4 Å². The molecule has 0 aliphatic rings. The molecule has 0 bridgehead atoms. The predicted octanol–water partition coefficient (Wildman–Crippen LogP) is 2.38. The molecule has 0 radical (unpaired) electrons. The molecule has 1 heterocycles. The van der Waals surface area contributed by atoms with Crippen LogP contribution in [0.15, 0.2) is 0 Å². The second-order valence-electron chi connectivity index (χ2n) is 5.08. The van der Waals surface area contributed by atoms with Crippen molar-refractivity contribution in [3.8, 4) is 0 Å². The average Bonchev–Trinajstić information content (AvgIpc) is 2.66. The van der Waals surface area contributed by atoms with Gasteiger partial charge in [-0.25, -0.2) is 0 Å². The number of aromatic nitrogens is 2. The highest BCUT2D eigenvalue weighted by Crippen LogP contribution is 2.29. The lowest BCUT2D eigenvalue weighted by atomic mass is 10.0. The number of nitrogens with zero attached hydrogens (tertiary/aromatic N) is 3. The standard InChI is InChI=1S/C13H24N4O2/c1-6-10(14-7-2)8-11-13(17(18)19)12(9(3)4)15-16(11)5/h9-10,14H,6-8H2,1-5H3. The Labute approximate surface area is 114 Å². The van der Waals surface area contributed by atoms with Crippen molar-refractivity contribution < 1.29 is 4.92 Å². The Hall–Kier alpha value is -1.43. The van der Waals surface area contributed by atoms with E-state index in [0.29, 0.717) is 17.8 Å². The number of nitro groups is 1. The minimum Gasteiger partial charge on any atom is -0.314 e. The molecule has 1 N–H and O–H groups in total. The van der Waals surface area contributed by atoms with Gasteiger partial charge in [0, 0.05) is 25.4 Å². The van der Waals surface area contributed by atoms with Crippen molar-refractivity contribution in [2.75, 3.05) is 6.54 Å². The van der Waals surface area contributed by atoms with Gasteiger partial charge in [0.15, 0.2) is 0 Å². The van der Waals surface area contributed by atoms with Gasteiger partial charge in [-0.15, -0.1) is 0 Å². The van der Waals surface area contributed by atoms with E-state index < -0.39 is 0 Å². The molecule has 0 fully saturated rings. The molecule has 0 spiro atoms. The van der Waals surface area contributed by atoms with Crippen LogP contribution in [-0.4, -0.2) is 27.3 Å². The lowest BCUT2D eigenvalue weighted by Gasteiger charge is -2.15. The first-order chi connectivity index (χ1) is 8.92. The molecule has 1 aromatic heterocycles. The summed E-state index contributed by atoms with van der Waals surface area (Å²) in [7, 11) is 1.78. The van der Waals surface area contributed by atoms with Gasteiger partial charge in [-0.05, 0) is 13.0 Å². The minimum absolute atomic E-state index is 0.0551. The molecule has 108 valence electrons. The van der Waals surface area contributed by atoms with Gasteiger partial charge in [-0.1, -0.05) is 27.7 Å². The lowest BCUT2D eigenvalue weighted by Crippen LogP contribution is -2.31. The Morgan fingerprint density at radius 3 is 2.47 bits per heavy atom. The third kappa shape index (κ3) is 3.53.